The summed E-state index contributed by atoms with van der Waals surface area (Å²) < 4.78 is 0. The van der Waals surface area contributed by atoms with Gasteiger partial charge in [0.2, 0.25) is 5.91 Å². The van der Waals surface area contributed by atoms with Crippen LogP contribution in [0.15, 0.2) is 24.3 Å². The van der Waals surface area contributed by atoms with Gasteiger partial charge in [0.15, 0.2) is 0 Å². The van der Waals surface area contributed by atoms with E-state index in [1.807, 2.05) is 0 Å². The summed E-state index contributed by atoms with van der Waals surface area (Å²) in [5.41, 5.74) is 2.65. The van der Waals surface area contributed by atoms with Gasteiger partial charge in [0, 0.05) is 12.6 Å². The fraction of sp³-hybridized carbons (Fsp3) is 0.588. The second kappa shape index (κ2) is 4.88. The number of hydrogen-bond acceptors (Lipinski definition) is 2. The Hall–Kier alpha value is -1.35. The van der Waals surface area contributed by atoms with E-state index in [0.29, 0.717) is 6.04 Å². The highest BCUT2D eigenvalue weighted by atomic mass is 16.2. The quantitative estimate of drug-likeness (QED) is 0.878. The van der Waals surface area contributed by atoms with Gasteiger partial charge in [-0.2, -0.15) is 0 Å². The van der Waals surface area contributed by atoms with Crippen molar-refractivity contribution >= 4 is 5.91 Å². The Kier molecular flexibility index (Phi) is 3.03. The zero-order valence-corrected chi connectivity index (χ0v) is 11.8. The Bertz CT molecular complexity index is 507. The van der Waals surface area contributed by atoms with Gasteiger partial charge in [0.25, 0.3) is 0 Å². The molecule has 20 heavy (non-hydrogen) atoms. The molecule has 3 aliphatic rings. The summed E-state index contributed by atoms with van der Waals surface area (Å²) in [4.78, 5) is 12.5. The molecule has 0 saturated heterocycles. The lowest BCUT2D eigenvalue weighted by Gasteiger charge is -2.27. The van der Waals surface area contributed by atoms with Crippen molar-refractivity contribution in [1.29, 1.82) is 0 Å². The molecule has 0 unspecified atom stereocenters. The highest BCUT2D eigenvalue weighted by Gasteiger charge is 2.43. The molecule has 1 heterocycles. The van der Waals surface area contributed by atoms with E-state index in [2.05, 4.69) is 34.9 Å². The van der Waals surface area contributed by atoms with Crippen molar-refractivity contribution in [3.05, 3.63) is 35.4 Å². The van der Waals surface area contributed by atoms with E-state index in [9.17, 15) is 4.79 Å². The Morgan fingerprint density at radius 3 is 2.40 bits per heavy atom. The van der Waals surface area contributed by atoms with Gasteiger partial charge in [-0.1, -0.05) is 24.3 Å². The lowest BCUT2D eigenvalue weighted by atomic mass is 9.95. The van der Waals surface area contributed by atoms with Crippen molar-refractivity contribution in [3.63, 3.8) is 0 Å². The Balaban J connectivity index is 1.41. The number of carbonyl (C=O) groups is 1. The minimum atomic E-state index is -0.0510. The molecule has 1 atom stereocenters. The molecule has 2 fully saturated rings. The van der Waals surface area contributed by atoms with Gasteiger partial charge in [-0.05, 0) is 55.1 Å². The third-order valence-electron chi connectivity index (χ3n) is 4.97. The maximum Gasteiger partial charge on any atom is 0.237 e. The van der Waals surface area contributed by atoms with Gasteiger partial charge >= 0.3 is 0 Å². The molecule has 0 spiro atoms. The summed E-state index contributed by atoms with van der Waals surface area (Å²) in [6.07, 6.45) is 6.06. The van der Waals surface area contributed by atoms with Crippen LogP contribution in [0.5, 0.6) is 0 Å². The number of carbonyl (C=O) groups excluding carboxylic acids is 1. The maximum atomic E-state index is 12.5. The molecule has 0 radical (unpaired) electrons. The molecular formula is C17H22N2O. The molecule has 2 N–H and O–H groups in total. The van der Waals surface area contributed by atoms with Crippen molar-refractivity contribution in [2.24, 2.45) is 11.8 Å². The molecule has 2 saturated carbocycles. The molecule has 0 bridgehead atoms. The number of nitrogens with one attached hydrogen (secondary N) is 2. The van der Waals surface area contributed by atoms with Crippen molar-refractivity contribution in [2.45, 2.75) is 50.7 Å². The maximum absolute atomic E-state index is 12.5. The Morgan fingerprint density at radius 1 is 1.10 bits per heavy atom. The standard InChI is InChI=1S/C17H22N2O/c20-17(19-16(11-5-6-11)12-7-8-12)15-9-13-3-1-2-4-14(13)10-18-15/h1-4,11-12,15-16,18H,5-10H2,(H,19,20)/t15-/m0/s1. The first-order valence-corrected chi connectivity index (χ1v) is 7.92. The fourth-order valence-electron chi connectivity index (χ4n) is 3.44. The van der Waals surface area contributed by atoms with E-state index in [1.165, 1.54) is 36.8 Å². The summed E-state index contributed by atoms with van der Waals surface area (Å²) in [5.74, 6) is 1.74. The van der Waals surface area contributed by atoms with E-state index in [-0.39, 0.29) is 11.9 Å². The molecule has 2 aliphatic carbocycles. The van der Waals surface area contributed by atoms with Crippen molar-refractivity contribution in [2.75, 3.05) is 0 Å². The largest absolute Gasteiger partial charge is 0.351 e. The van der Waals surface area contributed by atoms with E-state index in [1.54, 1.807) is 0 Å². The van der Waals surface area contributed by atoms with E-state index in [4.69, 9.17) is 0 Å². The molecule has 0 aromatic heterocycles. The van der Waals surface area contributed by atoms with Crippen LogP contribution < -0.4 is 10.6 Å². The molecule has 1 amide bonds. The van der Waals surface area contributed by atoms with Crippen LogP contribution in [-0.2, 0) is 17.8 Å². The van der Waals surface area contributed by atoms with Crippen LogP contribution in [0.1, 0.15) is 36.8 Å². The predicted octanol–water partition coefficient (Wildman–Crippen LogP) is 2.01. The normalized spacial score (nSPS) is 25.4. The third-order valence-corrected chi connectivity index (χ3v) is 4.97. The number of benzene rings is 1. The van der Waals surface area contributed by atoms with Crippen LogP contribution in [0.2, 0.25) is 0 Å². The molecule has 4 rings (SSSR count). The highest BCUT2D eigenvalue weighted by molar-refractivity contribution is 5.82. The SMILES string of the molecule is O=C(NC(C1CC1)C1CC1)[C@@H]1Cc2ccccc2CN1. The average molecular weight is 270 g/mol. The smallest absolute Gasteiger partial charge is 0.237 e. The van der Waals surface area contributed by atoms with Crippen LogP contribution in [0, 0.1) is 11.8 Å². The molecule has 3 nitrogen and oxygen atoms in total. The number of fused-ring (bicyclic) bond motifs is 1. The highest BCUT2D eigenvalue weighted by Crippen LogP contribution is 2.44. The minimum Gasteiger partial charge on any atom is -0.351 e. The van der Waals surface area contributed by atoms with Crippen LogP contribution in [-0.4, -0.2) is 18.0 Å². The monoisotopic (exact) mass is 270 g/mol. The summed E-state index contributed by atoms with van der Waals surface area (Å²) in [7, 11) is 0. The lowest BCUT2D eigenvalue weighted by molar-refractivity contribution is -0.124. The third kappa shape index (κ3) is 2.47. The second-order valence-electron chi connectivity index (χ2n) is 6.62. The Labute approximate surface area is 120 Å². The van der Waals surface area contributed by atoms with E-state index < -0.39 is 0 Å². The van der Waals surface area contributed by atoms with Crippen LogP contribution >= 0.6 is 0 Å². The lowest BCUT2D eigenvalue weighted by Crippen LogP contribution is -2.51. The summed E-state index contributed by atoms with van der Waals surface area (Å²) in [6.45, 7) is 0.811. The van der Waals surface area contributed by atoms with Gasteiger partial charge in [-0.25, -0.2) is 0 Å². The number of rotatable bonds is 4. The number of hydrogen-bond donors (Lipinski definition) is 2. The average Bonchev–Trinajstić information content (AvgIpc) is 3.37. The van der Waals surface area contributed by atoms with Crippen molar-refractivity contribution < 1.29 is 4.79 Å². The summed E-state index contributed by atoms with van der Waals surface area (Å²) >= 11 is 0. The first kappa shape index (κ1) is 12.4. The van der Waals surface area contributed by atoms with Crippen LogP contribution in [0.3, 0.4) is 0 Å². The fourth-order valence-corrected chi connectivity index (χ4v) is 3.44. The molecule has 1 aromatic carbocycles. The predicted molar refractivity (Wildman–Crippen MR) is 78.2 cm³/mol. The van der Waals surface area contributed by atoms with Gasteiger partial charge in [-0.3, -0.25) is 4.79 Å². The van der Waals surface area contributed by atoms with Crippen LogP contribution in [0.25, 0.3) is 0 Å². The van der Waals surface area contributed by atoms with Crippen LogP contribution in [0.4, 0.5) is 0 Å². The molecule has 1 aromatic rings. The molecular weight excluding hydrogens is 248 g/mol. The number of amides is 1. The van der Waals surface area contributed by atoms with Crippen molar-refractivity contribution in [3.8, 4) is 0 Å². The Morgan fingerprint density at radius 2 is 1.75 bits per heavy atom. The summed E-state index contributed by atoms with van der Waals surface area (Å²) in [5, 5.41) is 6.73. The van der Waals surface area contributed by atoms with Gasteiger partial charge in [0.05, 0.1) is 6.04 Å². The van der Waals surface area contributed by atoms with E-state index >= 15 is 0 Å². The summed E-state index contributed by atoms with van der Waals surface area (Å²) in [6, 6.07) is 8.84. The molecule has 1 aliphatic heterocycles. The van der Waals surface area contributed by atoms with Crippen molar-refractivity contribution in [1.82, 2.24) is 10.6 Å². The van der Waals surface area contributed by atoms with Gasteiger partial charge in [-0.15, -0.1) is 0 Å². The zero-order valence-electron chi connectivity index (χ0n) is 11.8. The first-order valence-electron chi connectivity index (χ1n) is 7.92. The zero-order chi connectivity index (χ0) is 13.5. The minimum absolute atomic E-state index is 0.0510. The molecule has 106 valence electrons. The molecule has 3 heteroatoms. The van der Waals surface area contributed by atoms with E-state index in [0.717, 1.165) is 24.8 Å². The first-order chi connectivity index (χ1) is 9.81. The second-order valence-corrected chi connectivity index (χ2v) is 6.62. The van der Waals surface area contributed by atoms with Gasteiger partial charge in [0.1, 0.15) is 0 Å². The van der Waals surface area contributed by atoms with Gasteiger partial charge < -0.3 is 10.6 Å². The topological polar surface area (TPSA) is 41.1 Å².